The number of hydrogen-bond acceptors (Lipinski definition) is 4. The normalized spacial score (nSPS) is 28.3. The molecular formula is C6H10NO6P. The van der Waals surface area contributed by atoms with Crippen LogP contribution in [0.3, 0.4) is 0 Å². The lowest BCUT2D eigenvalue weighted by Crippen LogP contribution is -2.30. The Bertz CT molecular complexity index is 322. The van der Waals surface area contributed by atoms with E-state index in [0.29, 0.717) is 0 Å². The molecule has 1 rings (SSSR count). The molecule has 1 saturated heterocycles. The highest BCUT2D eigenvalue weighted by Gasteiger charge is 2.43. The van der Waals surface area contributed by atoms with Crippen molar-refractivity contribution in [1.82, 2.24) is 5.06 Å². The van der Waals surface area contributed by atoms with Crippen LogP contribution in [0, 0.1) is 5.92 Å². The van der Waals surface area contributed by atoms with Crippen LogP contribution in [-0.4, -0.2) is 37.3 Å². The van der Waals surface area contributed by atoms with Crippen LogP contribution in [0.15, 0.2) is 11.9 Å². The van der Waals surface area contributed by atoms with Crippen LogP contribution in [-0.2, 0) is 9.36 Å². The molecular weight excluding hydrogens is 213 g/mol. The first kappa shape index (κ1) is 11.4. The number of carbonyl (C=O) groups excluding carboxylic acids is 1. The molecule has 0 aromatic rings. The van der Waals surface area contributed by atoms with E-state index in [0.717, 1.165) is 0 Å². The summed E-state index contributed by atoms with van der Waals surface area (Å²) >= 11 is 0. The number of nitrogens with zero attached hydrogens (tertiary/aromatic N) is 1. The molecule has 0 aliphatic carbocycles. The fraction of sp³-hybridized carbons (Fsp3) is 0.500. The molecule has 7 nitrogen and oxygen atoms in total. The molecule has 2 atom stereocenters. The summed E-state index contributed by atoms with van der Waals surface area (Å²) in [5, 5.41) is 17.4. The third-order valence-electron chi connectivity index (χ3n) is 2.03. The quantitative estimate of drug-likeness (QED) is 0.360. The summed E-state index contributed by atoms with van der Waals surface area (Å²) < 4.78 is 10.7. The van der Waals surface area contributed by atoms with Gasteiger partial charge in [-0.25, -0.2) is 0 Å². The Balaban J connectivity index is 2.88. The molecule has 1 amide bonds. The third-order valence-corrected chi connectivity index (χ3v) is 3.09. The molecule has 0 aromatic carbocycles. The van der Waals surface area contributed by atoms with Crippen molar-refractivity contribution >= 4 is 13.5 Å². The molecule has 1 fully saturated rings. The Hall–Kier alpha value is -0.720. The molecule has 0 bridgehead atoms. The van der Waals surface area contributed by atoms with Crippen molar-refractivity contribution in [1.29, 1.82) is 0 Å². The van der Waals surface area contributed by atoms with Crippen molar-refractivity contribution in [2.24, 2.45) is 5.92 Å². The van der Waals surface area contributed by atoms with Gasteiger partial charge in [-0.3, -0.25) is 14.6 Å². The van der Waals surface area contributed by atoms with Gasteiger partial charge in [0.2, 0.25) is 0 Å². The highest BCUT2D eigenvalue weighted by atomic mass is 31.2. The molecule has 1 heterocycles. The van der Waals surface area contributed by atoms with Gasteiger partial charge in [-0.05, 0) is 0 Å². The largest absolute Gasteiger partial charge is 0.371 e. The molecule has 1 aliphatic heterocycles. The van der Waals surface area contributed by atoms with Crippen molar-refractivity contribution in [3.05, 3.63) is 11.9 Å². The molecule has 0 aromatic heterocycles. The van der Waals surface area contributed by atoms with E-state index in [4.69, 9.17) is 20.1 Å². The van der Waals surface area contributed by atoms with Crippen LogP contribution in [0.4, 0.5) is 0 Å². The van der Waals surface area contributed by atoms with Gasteiger partial charge in [0.05, 0.1) is 5.92 Å². The first-order valence-corrected chi connectivity index (χ1v) is 5.31. The zero-order valence-electron chi connectivity index (χ0n) is 7.07. The second-order valence-corrected chi connectivity index (χ2v) is 4.65. The fourth-order valence-electron chi connectivity index (χ4n) is 1.20. The van der Waals surface area contributed by atoms with Gasteiger partial charge in [0.15, 0.2) is 6.23 Å². The number of carbonyl (C=O) groups is 1. The average Bonchev–Trinajstić information content (AvgIpc) is 2.30. The summed E-state index contributed by atoms with van der Waals surface area (Å²) in [4.78, 5) is 28.5. The minimum atomic E-state index is -4.56. The maximum Gasteiger partial charge on any atom is 0.352 e. The fourth-order valence-corrected chi connectivity index (χ4v) is 1.82. The van der Waals surface area contributed by atoms with Crippen molar-refractivity contribution in [3.63, 3.8) is 0 Å². The number of aliphatic hydroxyl groups excluding tert-OH is 1. The summed E-state index contributed by atoms with van der Waals surface area (Å²) in [5.41, 5.74) is 0. The molecule has 0 unspecified atom stereocenters. The first-order valence-electron chi connectivity index (χ1n) is 3.70. The van der Waals surface area contributed by atoms with Crippen molar-refractivity contribution in [3.8, 4) is 0 Å². The van der Waals surface area contributed by atoms with Gasteiger partial charge < -0.3 is 14.9 Å². The van der Waals surface area contributed by atoms with Crippen molar-refractivity contribution < 1.29 is 29.5 Å². The molecule has 0 radical (unpaired) electrons. The monoisotopic (exact) mass is 223 g/mol. The summed E-state index contributed by atoms with van der Waals surface area (Å²) in [6.45, 7) is 3.09. The van der Waals surface area contributed by atoms with E-state index < -0.39 is 31.0 Å². The Kier molecular flexibility index (Phi) is 2.80. The molecule has 14 heavy (non-hydrogen) atoms. The van der Waals surface area contributed by atoms with E-state index in [1.807, 2.05) is 0 Å². The van der Waals surface area contributed by atoms with Crippen LogP contribution >= 0.6 is 7.60 Å². The number of amides is 1. The Morgan fingerprint density at radius 3 is 2.36 bits per heavy atom. The van der Waals surface area contributed by atoms with Crippen LogP contribution in [0.5, 0.6) is 0 Å². The predicted molar refractivity (Wildman–Crippen MR) is 43.9 cm³/mol. The Morgan fingerprint density at radius 1 is 1.57 bits per heavy atom. The van der Waals surface area contributed by atoms with Gasteiger partial charge >= 0.3 is 7.60 Å². The molecule has 0 saturated carbocycles. The zero-order chi connectivity index (χ0) is 11.1. The topological polar surface area (TPSA) is 118 Å². The van der Waals surface area contributed by atoms with Gasteiger partial charge in [0.25, 0.3) is 5.91 Å². The standard InChI is InChI=1S/C6H10NO6P/c1-3(14(11,12)13)4-2-5(8)7(10)6(4)9/h4-5,8,10H,1-2H2,(H2,11,12,13)/t4-,5+/m1/s1. The molecule has 8 heteroatoms. The molecule has 4 N–H and O–H groups in total. The second-order valence-electron chi connectivity index (χ2n) is 2.99. The maximum atomic E-state index is 11.1. The van der Waals surface area contributed by atoms with E-state index >= 15 is 0 Å². The average molecular weight is 223 g/mol. The van der Waals surface area contributed by atoms with Crippen LogP contribution in [0.1, 0.15) is 6.42 Å². The summed E-state index contributed by atoms with van der Waals surface area (Å²) in [7, 11) is -4.56. The zero-order valence-corrected chi connectivity index (χ0v) is 7.96. The third kappa shape index (κ3) is 1.87. The lowest BCUT2D eigenvalue weighted by Gasteiger charge is -2.12. The van der Waals surface area contributed by atoms with E-state index in [-0.39, 0.29) is 11.5 Å². The van der Waals surface area contributed by atoms with E-state index in [9.17, 15) is 9.36 Å². The second kappa shape index (κ2) is 3.45. The Labute approximate surface area is 79.4 Å². The minimum absolute atomic E-state index is 0.0471. The van der Waals surface area contributed by atoms with E-state index in [1.165, 1.54) is 0 Å². The number of rotatable bonds is 2. The number of hydrogen-bond donors (Lipinski definition) is 4. The minimum Gasteiger partial charge on any atom is -0.371 e. The smallest absolute Gasteiger partial charge is 0.352 e. The SMILES string of the molecule is C=C([C@H]1C[C@H](O)N(O)C1=O)P(=O)(O)O. The predicted octanol–water partition coefficient (Wildman–Crippen LogP) is -0.766. The van der Waals surface area contributed by atoms with Crippen molar-refractivity contribution in [2.45, 2.75) is 12.6 Å². The first-order chi connectivity index (χ1) is 6.25. The summed E-state index contributed by atoms with van der Waals surface area (Å²) in [6.07, 6.45) is -1.70. The number of hydroxylamine groups is 2. The number of aliphatic hydroxyl groups is 1. The van der Waals surface area contributed by atoms with Gasteiger partial charge in [-0.2, -0.15) is 5.06 Å². The lowest BCUT2D eigenvalue weighted by atomic mass is 10.1. The van der Waals surface area contributed by atoms with E-state index in [1.54, 1.807) is 0 Å². The van der Waals surface area contributed by atoms with Gasteiger partial charge in [-0.1, -0.05) is 6.58 Å². The highest BCUT2D eigenvalue weighted by Crippen LogP contribution is 2.50. The lowest BCUT2D eigenvalue weighted by molar-refractivity contribution is -0.190. The van der Waals surface area contributed by atoms with E-state index in [2.05, 4.69) is 6.58 Å². The highest BCUT2D eigenvalue weighted by molar-refractivity contribution is 7.56. The summed E-state index contributed by atoms with van der Waals surface area (Å²) in [5.74, 6) is -2.18. The van der Waals surface area contributed by atoms with Gasteiger partial charge in [0, 0.05) is 11.7 Å². The van der Waals surface area contributed by atoms with Gasteiger partial charge in [0.1, 0.15) is 0 Å². The molecule has 0 spiro atoms. The van der Waals surface area contributed by atoms with Gasteiger partial charge in [-0.15, -0.1) is 0 Å². The van der Waals surface area contributed by atoms with Crippen LogP contribution in [0.2, 0.25) is 0 Å². The summed E-state index contributed by atoms with van der Waals surface area (Å²) in [6, 6.07) is 0. The van der Waals surface area contributed by atoms with Crippen molar-refractivity contribution in [2.75, 3.05) is 0 Å². The molecule has 1 aliphatic rings. The van der Waals surface area contributed by atoms with Crippen LogP contribution in [0.25, 0.3) is 0 Å². The van der Waals surface area contributed by atoms with Crippen LogP contribution < -0.4 is 0 Å². The maximum absolute atomic E-state index is 11.1. The Morgan fingerprint density at radius 2 is 2.07 bits per heavy atom. The molecule has 80 valence electrons.